The van der Waals surface area contributed by atoms with Crippen molar-refractivity contribution in [2.45, 2.75) is 33.4 Å². The summed E-state index contributed by atoms with van der Waals surface area (Å²) in [6, 6.07) is 17.1. The Bertz CT molecular complexity index is 646. The van der Waals surface area contributed by atoms with Crippen LogP contribution in [0.4, 0.5) is 0 Å². The summed E-state index contributed by atoms with van der Waals surface area (Å²) in [5.74, 6) is 1.69. The number of benzene rings is 2. The largest absolute Gasteiger partial charge is 0.486 e. The average molecular weight is 311 g/mol. The summed E-state index contributed by atoms with van der Waals surface area (Å²) in [6.45, 7) is 8.85. The maximum atomic E-state index is 5.67. The first-order valence-corrected chi connectivity index (χ1v) is 8.21. The number of nitrogens with one attached hydrogen (secondary N) is 1. The minimum absolute atomic E-state index is 0.134. The van der Waals surface area contributed by atoms with Crippen LogP contribution in [0.25, 0.3) is 0 Å². The molecule has 3 rings (SSSR count). The summed E-state index contributed by atoms with van der Waals surface area (Å²) in [7, 11) is 0. The Morgan fingerprint density at radius 3 is 2.35 bits per heavy atom. The summed E-state index contributed by atoms with van der Waals surface area (Å²) in [5.41, 5.74) is 2.66. The Kier molecular flexibility index (Phi) is 4.58. The molecule has 0 saturated heterocycles. The van der Waals surface area contributed by atoms with Gasteiger partial charge in [0.2, 0.25) is 0 Å². The zero-order valence-electron chi connectivity index (χ0n) is 14.1. The molecule has 1 heterocycles. The molecule has 0 radical (unpaired) electrons. The van der Waals surface area contributed by atoms with Crippen LogP contribution in [-0.4, -0.2) is 13.2 Å². The van der Waals surface area contributed by atoms with Crippen LogP contribution in [0.3, 0.4) is 0 Å². The van der Waals surface area contributed by atoms with Crippen molar-refractivity contribution in [2.24, 2.45) is 5.41 Å². The minimum atomic E-state index is 0.134. The average Bonchev–Trinajstić information content (AvgIpc) is 2.55. The highest BCUT2D eigenvalue weighted by Gasteiger charge is 2.25. The van der Waals surface area contributed by atoms with E-state index in [1.54, 1.807) is 0 Å². The lowest BCUT2D eigenvalue weighted by Crippen LogP contribution is -2.32. The first kappa shape index (κ1) is 15.9. The molecule has 0 fully saturated rings. The van der Waals surface area contributed by atoms with Gasteiger partial charge in [-0.3, -0.25) is 0 Å². The first-order valence-electron chi connectivity index (χ1n) is 8.21. The molecule has 3 heteroatoms. The molecule has 0 unspecified atom stereocenters. The number of hydrogen-bond donors (Lipinski definition) is 1. The van der Waals surface area contributed by atoms with Crippen molar-refractivity contribution in [3.05, 3.63) is 59.7 Å². The van der Waals surface area contributed by atoms with Gasteiger partial charge in [-0.15, -0.1) is 0 Å². The highest BCUT2D eigenvalue weighted by atomic mass is 16.6. The molecule has 0 spiro atoms. The summed E-state index contributed by atoms with van der Waals surface area (Å²) in [5, 5.41) is 3.70. The van der Waals surface area contributed by atoms with Gasteiger partial charge in [-0.2, -0.15) is 0 Å². The lowest BCUT2D eigenvalue weighted by molar-refractivity contribution is 0.171. The molecule has 0 bridgehead atoms. The molecule has 0 amide bonds. The van der Waals surface area contributed by atoms with E-state index in [2.05, 4.69) is 68.6 Å². The van der Waals surface area contributed by atoms with Crippen LogP contribution in [0, 0.1) is 5.41 Å². The normalized spacial score (nSPS) is 15.3. The fourth-order valence-electron chi connectivity index (χ4n) is 2.99. The van der Waals surface area contributed by atoms with Crippen LogP contribution in [0.1, 0.15) is 37.9 Å². The molecular formula is C20H25NO2. The lowest BCUT2D eigenvalue weighted by Gasteiger charge is -2.32. The Hall–Kier alpha value is -2.00. The second-order valence-corrected chi connectivity index (χ2v) is 7.07. The van der Waals surface area contributed by atoms with Crippen LogP contribution >= 0.6 is 0 Å². The van der Waals surface area contributed by atoms with E-state index in [4.69, 9.17) is 9.47 Å². The van der Waals surface area contributed by atoms with E-state index >= 15 is 0 Å². The van der Waals surface area contributed by atoms with Gasteiger partial charge < -0.3 is 14.8 Å². The van der Waals surface area contributed by atoms with Gasteiger partial charge in [0, 0.05) is 12.6 Å². The fourth-order valence-corrected chi connectivity index (χ4v) is 2.99. The van der Waals surface area contributed by atoms with Gasteiger partial charge in [0.15, 0.2) is 11.5 Å². The van der Waals surface area contributed by atoms with E-state index in [1.807, 2.05) is 6.07 Å². The number of hydrogen-bond acceptors (Lipinski definition) is 3. The van der Waals surface area contributed by atoms with Crippen LogP contribution in [-0.2, 0) is 6.54 Å². The maximum Gasteiger partial charge on any atom is 0.161 e. The third-order valence-corrected chi connectivity index (χ3v) is 4.12. The number of fused-ring (bicyclic) bond motifs is 1. The van der Waals surface area contributed by atoms with Crippen LogP contribution in [0.15, 0.2) is 48.5 Å². The molecule has 2 aromatic carbocycles. The highest BCUT2D eigenvalue weighted by Crippen LogP contribution is 2.34. The predicted octanol–water partition coefficient (Wildman–Crippen LogP) is 4.33. The third-order valence-electron chi connectivity index (χ3n) is 4.12. The van der Waals surface area contributed by atoms with Crippen molar-refractivity contribution in [2.75, 3.05) is 13.2 Å². The zero-order chi connectivity index (χ0) is 16.3. The van der Waals surface area contributed by atoms with E-state index < -0.39 is 0 Å². The monoisotopic (exact) mass is 311 g/mol. The predicted molar refractivity (Wildman–Crippen MR) is 92.9 cm³/mol. The highest BCUT2D eigenvalue weighted by molar-refractivity contribution is 5.43. The summed E-state index contributed by atoms with van der Waals surface area (Å²) in [6.07, 6.45) is 0. The van der Waals surface area contributed by atoms with Crippen molar-refractivity contribution in [3.8, 4) is 11.5 Å². The smallest absolute Gasteiger partial charge is 0.161 e. The summed E-state index contributed by atoms with van der Waals surface area (Å²) >= 11 is 0. The van der Waals surface area contributed by atoms with E-state index in [9.17, 15) is 0 Å². The molecule has 3 nitrogen and oxygen atoms in total. The van der Waals surface area contributed by atoms with Gasteiger partial charge in [0.25, 0.3) is 0 Å². The topological polar surface area (TPSA) is 30.5 Å². The molecular weight excluding hydrogens is 286 g/mol. The second-order valence-electron chi connectivity index (χ2n) is 7.07. The van der Waals surface area contributed by atoms with Crippen LogP contribution in [0.2, 0.25) is 0 Å². The third kappa shape index (κ3) is 3.85. The Labute approximate surface area is 138 Å². The second kappa shape index (κ2) is 6.63. The molecule has 1 atom stereocenters. The molecule has 0 saturated carbocycles. The lowest BCUT2D eigenvalue weighted by atomic mass is 9.82. The van der Waals surface area contributed by atoms with E-state index in [0.717, 1.165) is 18.0 Å². The molecule has 1 aliphatic rings. The van der Waals surface area contributed by atoms with Gasteiger partial charge in [-0.25, -0.2) is 0 Å². The van der Waals surface area contributed by atoms with Gasteiger partial charge in [-0.1, -0.05) is 57.2 Å². The zero-order valence-corrected chi connectivity index (χ0v) is 14.1. The Morgan fingerprint density at radius 2 is 1.65 bits per heavy atom. The molecule has 1 N–H and O–H groups in total. The SMILES string of the molecule is CC(C)(C)[C@H](NCc1ccc2c(c1)OCCO2)c1ccccc1. The number of ether oxygens (including phenoxy) is 2. The number of rotatable bonds is 4. The van der Waals surface area contributed by atoms with E-state index in [-0.39, 0.29) is 11.5 Å². The molecule has 122 valence electrons. The standard InChI is InChI=1S/C20H25NO2/c1-20(2,3)19(16-7-5-4-6-8-16)21-14-15-9-10-17-18(13-15)23-12-11-22-17/h4-10,13,19,21H,11-12,14H2,1-3H3/t19-/m1/s1. The van der Waals surface area contributed by atoms with Gasteiger partial charge in [0.05, 0.1) is 0 Å². The first-order chi connectivity index (χ1) is 11.0. The van der Waals surface area contributed by atoms with Crippen molar-refractivity contribution in [1.29, 1.82) is 0 Å². The van der Waals surface area contributed by atoms with Crippen LogP contribution < -0.4 is 14.8 Å². The van der Waals surface area contributed by atoms with Gasteiger partial charge in [0.1, 0.15) is 13.2 Å². The van der Waals surface area contributed by atoms with E-state index in [1.165, 1.54) is 11.1 Å². The maximum absolute atomic E-state index is 5.67. The molecule has 2 aromatic rings. The Balaban J connectivity index is 1.74. The summed E-state index contributed by atoms with van der Waals surface area (Å²) in [4.78, 5) is 0. The van der Waals surface area contributed by atoms with Crippen LogP contribution in [0.5, 0.6) is 11.5 Å². The minimum Gasteiger partial charge on any atom is -0.486 e. The fraction of sp³-hybridized carbons (Fsp3) is 0.400. The Morgan fingerprint density at radius 1 is 0.957 bits per heavy atom. The molecule has 0 aliphatic carbocycles. The molecule has 0 aromatic heterocycles. The summed E-state index contributed by atoms with van der Waals surface area (Å²) < 4.78 is 11.3. The molecule has 1 aliphatic heterocycles. The van der Waals surface area contributed by atoms with Crippen molar-refractivity contribution >= 4 is 0 Å². The molecule has 23 heavy (non-hydrogen) atoms. The van der Waals surface area contributed by atoms with Gasteiger partial charge >= 0.3 is 0 Å². The van der Waals surface area contributed by atoms with Crippen molar-refractivity contribution in [3.63, 3.8) is 0 Å². The van der Waals surface area contributed by atoms with Crippen molar-refractivity contribution in [1.82, 2.24) is 5.32 Å². The van der Waals surface area contributed by atoms with E-state index in [0.29, 0.717) is 13.2 Å². The van der Waals surface area contributed by atoms with Gasteiger partial charge in [-0.05, 0) is 28.7 Å². The quantitative estimate of drug-likeness (QED) is 0.911. The van der Waals surface area contributed by atoms with Crippen molar-refractivity contribution < 1.29 is 9.47 Å².